The molecule has 0 aliphatic carbocycles. The molecule has 1 atom stereocenters. The van der Waals surface area contributed by atoms with Gasteiger partial charge in [0.1, 0.15) is 5.82 Å². The van der Waals surface area contributed by atoms with Crippen LogP contribution < -0.4 is 0 Å². The highest BCUT2D eigenvalue weighted by Crippen LogP contribution is 2.25. The third-order valence-corrected chi connectivity index (χ3v) is 4.96. The highest BCUT2D eigenvalue weighted by molar-refractivity contribution is 5.16. The third kappa shape index (κ3) is 4.41. The second-order valence-corrected chi connectivity index (χ2v) is 6.60. The van der Waals surface area contributed by atoms with E-state index in [9.17, 15) is 4.39 Å². The molecule has 1 fully saturated rings. The molecule has 0 amide bonds. The van der Waals surface area contributed by atoms with Crippen molar-refractivity contribution >= 4 is 0 Å². The van der Waals surface area contributed by atoms with Gasteiger partial charge in [-0.2, -0.15) is 0 Å². The zero-order chi connectivity index (χ0) is 17.6. The number of benzene rings is 1. The summed E-state index contributed by atoms with van der Waals surface area (Å²) in [6.45, 7) is 10.4. The van der Waals surface area contributed by atoms with Gasteiger partial charge in [0.05, 0.1) is 12.6 Å². The molecule has 7 heteroatoms. The fourth-order valence-electron chi connectivity index (χ4n) is 3.47. The van der Waals surface area contributed by atoms with Crippen LogP contribution in [0.5, 0.6) is 0 Å². The Morgan fingerprint density at radius 2 is 1.80 bits per heavy atom. The number of hydrogen-bond donors (Lipinski definition) is 0. The largest absolute Gasteiger partial charge is 0.301 e. The van der Waals surface area contributed by atoms with Crippen molar-refractivity contribution in [2.75, 3.05) is 32.7 Å². The average Bonchev–Trinajstić information content (AvgIpc) is 3.09. The Labute approximate surface area is 148 Å². The van der Waals surface area contributed by atoms with Gasteiger partial charge >= 0.3 is 0 Å². The maximum absolute atomic E-state index is 13.1. The van der Waals surface area contributed by atoms with Crippen molar-refractivity contribution in [2.24, 2.45) is 0 Å². The quantitative estimate of drug-likeness (QED) is 0.770. The van der Waals surface area contributed by atoms with Crippen LogP contribution in [0.2, 0.25) is 0 Å². The predicted molar refractivity (Wildman–Crippen MR) is 94.7 cm³/mol. The Hall–Kier alpha value is -1.86. The molecule has 3 rings (SSSR count). The molecule has 136 valence electrons. The number of rotatable bonds is 7. The van der Waals surface area contributed by atoms with Crippen molar-refractivity contribution in [2.45, 2.75) is 39.3 Å². The Bertz CT molecular complexity index is 648. The number of hydrogen-bond acceptors (Lipinski definition) is 5. The maximum Gasteiger partial charge on any atom is 0.168 e. The lowest BCUT2D eigenvalue weighted by Crippen LogP contribution is -2.47. The van der Waals surface area contributed by atoms with E-state index in [1.54, 1.807) is 12.1 Å². The summed E-state index contributed by atoms with van der Waals surface area (Å²) in [7, 11) is 0. The second-order valence-electron chi connectivity index (χ2n) is 6.60. The zero-order valence-corrected chi connectivity index (χ0v) is 15.1. The van der Waals surface area contributed by atoms with E-state index >= 15 is 0 Å². The van der Waals surface area contributed by atoms with Gasteiger partial charge in [-0.15, -0.1) is 5.10 Å². The molecule has 2 aromatic rings. The fourth-order valence-corrected chi connectivity index (χ4v) is 3.47. The van der Waals surface area contributed by atoms with Crippen molar-refractivity contribution in [3.8, 4) is 0 Å². The predicted octanol–water partition coefficient (Wildman–Crippen LogP) is 2.34. The summed E-state index contributed by atoms with van der Waals surface area (Å²) in [5.74, 6) is 0.689. The smallest absolute Gasteiger partial charge is 0.168 e. The molecule has 0 bridgehead atoms. The molecule has 1 aromatic heterocycles. The molecule has 6 nitrogen and oxygen atoms in total. The first-order valence-corrected chi connectivity index (χ1v) is 9.18. The number of piperazine rings is 1. The molecular formula is C18H27FN6. The van der Waals surface area contributed by atoms with Gasteiger partial charge in [-0.25, -0.2) is 9.07 Å². The summed E-state index contributed by atoms with van der Waals surface area (Å²) in [5.41, 5.74) is 1.00. The van der Waals surface area contributed by atoms with E-state index in [0.717, 1.165) is 57.0 Å². The number of nitrogens with zero attached hydrogens (tertiary/aromatic N) is 6. The SMILES string of the molecule is CCC[C@@H](c1nnnn1Cc1ccc(F)cc1)N1CCN(CC)CC1. The molecule has 2 heterocycles. The summed E-state index contributed by atoms with van der Waals surface area (Å²) in [6.07, 6.45) is 2.12. The van der Waals surface area contributed by atoms with E-state index in [1.807, 2.05) is 4.68 Å². The summed E-state index contributed by atoms with van der Waals surface area (Å²) in [5, 5.41) is 12.4. The molecule has 0 saturated carbocycles. The van der Waals surface area contributed by atoms with E-state index in [1.165, 1.54) is 12.1 Å². The van der Waals surface area contributed by atoms with E-state index < -0.39 is 0 Å². The highest BCUT2D eigenvalue weighted by atomic mass is 19.1. The van der Waals surface area contributed by atoms with E-state index in [-0.39, 0.29) is 11.9 Å². The summed E-state index contributed by atoms with van der Waals surface area (Å²) in [4.78, 5) is 4.98. The lowest BCUT2D eigenvalue weighted by molar-refractivity contribution is 0.0889. The number of halogens is 1. The summed E-state index contributed by atoms with van der Waals surface area (Å²) in [6, 6.07) is 6.77. The molecule has 1 aromatic carbocycles. The minimum atomic E-state index is -0.224. The van der Waals surface area contributed by atoms with Crippen molar-refractivity contribution in [3.05, 3.63) is 41.5 Å². The van der Waals surface area contributed by atoms with Gasteiger partial charge in [0.25, 0.3) is 0 Å². The van der Waals surface area contributed by atoms with Crippen LogP contribution >= 0.6 is 0 Å². The number of likely N-dealkylation sites (N-methyl/N-ethyl adjacent to an activating group) is 1. The first kappa shape index (κ1) is 17.9. The summed E-state index contributed by atoms with van der Waals surface area (Å²) < 4.78 is 15.0. The van der Waals surface area contributed by atoms with Crippen molar-refractivity contribution < 1.29 is 4.39 Å². The van der Waals surface area contributed by atoms with Gasteiger partial charge in [-0.05, 0) is 41.1 Å². The van der Waals surface area contributed by atoms with Gasteiger partial charge in [-0.1, -0.05) is 32.4 Å². The lowest BCUT2D eigenvalue weighted by Gasteiger charge is -2.38. The van der Waals surface area contributed by atoms with Crippen LogP contribution in [0.3, 0.4) is 0 Å². The Kier molecular flexibility index (Phi) is 6.09. The minimum Gasteiger partial charge on any atom is -0.301 e. The molecule has 25 heavy (non-hydrogen) atoms. The van der Waals surface area contributed by atoms with E-state index in [4.69, 9.17) is 0 Å². The van der Waals surface area contributed by atoms with Crippen LogP contribution in [0.4, 0.5) is 4.39 Å². The Morgan fingerprint density at radius 3 is 2.44 bits per heavy atom. The second kappa shape index (κ2) is 8.49. The summed E-state index contributed by atoms with van der Waals surface area (Å²) >= 11 is 0. The van der Waals surface area contributed by atoms with Crippen LogP contribution in [0.1, 0.15) is 44.1 Å². The molecule has 1 aliphatic rings. The monoisotopic (exact) mass is 346 g/mol. The molecule has 0 spiro atoms. The normalized spacial score (nSPS) is 17.7. The van der Waals surface area contributed by atoms with Crippen LogP contribution in [-0.2, 0) is 6.54 Å². The van der Waals surface area contributed by atoms with E-state index in [0.29, 0.717) is 6.54 Å². The third-order valence-electron chi connectivity index (χ3n) is 4.96. The molecule has 1 saturated heterocycles. The van der Waals surface area contributed by atoms with Crippen molar-refractivity contribution in [1.82, 2.24) is 30.0 Å². The van der Waals surface area contributed by atoms with Crippen LogP contribution in [-0.4, -0.2) is 62.7 Å². The number of tetrazole rings is 1. The highest BCUT2D eigenvalue weighted by Gasteiger charge is 2.28. The van der Waals surface area contributed by atoms with Gasteiger partial charge in [0.2, 0.25) is 0 Å². The van der Waals surface area contributed by atoms with E-state index in [2.05, 4.69) is 39.2 Å². The lowest BCUT2D eigenvalue weighted by atomic mass is 10.1. The average molecular weight is 346 g/mol. The van der Waals surface area contributed by atoms with Crippen molar-refractivity contribution in [3.63, 3.8) is 0 Å². The Morgan fingerprint density at radius 1 is 1.08 bits per heavy atom. The topological polar surface area (TPSA) is 50.1 Å². The molecule has 0 unspecified atom stereocenters. The van der Waals surface area contributed by atoms with Crippen LogP contribution in [0, 0.1) is 5.82 Å². The molecule has 0 radical (unpaired) electrons. The van der Waals surface area contributed by atoms with Crippen molar-refractivity contribution in [1.29, 1.82) is 0 Å². The minimum absolute atomic E-state index is 0.224. The molecule has 1 aliphatic heterocycles. The van der Waals surface area contributed by atoms with Gasteiger partial charge in [0, 0.05) is 26.2 Å². The first-order valence-electron chi connectivity index (χ1n) is 9.18. The maximum atomic E-state index is 13.1. The van der Waals surface area contributed by atoms with Crippen LogP contribution in [0.15, 0.2) is 24.3 Å². The Balaban J connectivity index is 1.76. The molecule has 0 N–H and O–H groups in total. The fraction of sp³-hybridized carbons (Fsp3) is 0.611. The molecular weight excluding hydrogens is 319 g/mol. The van der Waals surface area contributed by atoms with Gasteiger partial charge < -0.3 is 4.90 Å². The van der Waals surface area contributed by atoms with Gasteiger partial charge in [0.15, 0.2) is 5.82 Å². The zero-order valence-electron chi connectivity index (χ0n) is 15.1. The standard InChI is InChI=1S/C18H27FN6/c1-3-5-17(24-12-10-23(4-2)11-13-24)18-20-21-22-25(18)14-15-6-8-16(19)9-7-15/h6-9,17H,3-5,10-14H2,1-2H3/t17-/m0/s1. The van der Waals surface area contributed by atoms with Crippen LogP contribution in [0.25, 0.3) is 0 Å². The number of aromatic nitrogens is 4. The first-order chi connectivity index (χ1) is 12.2. The van der Waals surface area contributed by atoms with Gasteiger partial charge in [-0.3, -0.25) is 4.90 Å².